The number of carbonyl (C=O) groups is 1. The van der Waals surface area contributed by atoms with Gasteiger partial charge in [0.25, 0.3) is 5.91 Å². The summed E-state index contributed by atoms with van der Waals surface area (Å²) in [4.78, 5) is 17.6. The van der Waals surface area contributed by atoms with Crippen molar-refractivity contribution in [3.05, 3.63) is 35.3 Å². The van der Waals surface area contributed by atoms with E-state index in [9.17, 15) is 4.79 Å². The van der Waals surface area contributed by atoms with Crippen LogP contribution >= 0.6 is 23.7 Å². The number of hydrogen-bond acceptors (Lipinski definition) is 6. The second kappa shape index (κ2) is 10.0. The van der Waals surface area contributed by atoms with Crippen molar-refractivity contribution in [1.82, 2.24) is 15.6 Å². The van der Waals surface area contributed by atoms with Crippen LogP contribution in [0.2, 0.25) is 0 Å². The van der Waals surface area contributed by atoms with Gasteiger partial charge in [0.05, 0.1) is 19.9 Å². The highest BCUT2D eigenvalue weighted by Gasteiger charge is 2.32. The monoisotopic (exact) mass is 411 g/mol. The van der Waals surface area contributed by atoms with Crippen LogP contribution in [0.3, 0.4) is 0 Å². The summed E-state index contributed by atoms with van der Waals surface area (Å²) in [6.45, 7) is 3.20. The van der Waals surface area contributed by atoms with Crippen LogP contribution in [0.25, 0.3) is 10.6 Å². The van der Waals surface area contributed by atoms with Crippen molar-refractivity contribution in [2.45, 2.75) is 12.8 Å². The molecular formula is C19H26ClN3O3S. The van der Waals surface area contributed by atoms with Gasteiger partial charge in [0, 0.05) is 24.6 Å². The van der Waals surface area contributed by atoms with Gasteiger partial charge in [-0.3, -0.25) is 4.79 Å². The lowest BCUT2D eigenvalue weighted by atomic mass is 9.79. The molecule has 0 bridgehead atoms. The molecule has 1 aliphatic heterocycles. The van der Waals surface area contributed by atoms with E-state index in [0.29, 0.717) is 18.0 Å². The molecule has 1 aromatic heterocycles. The number of carbonyl (C=O) groups excluding carboxylic acids is 1. The zero-order valence-corrected chi connectivity index (χ0v) is 17.3. The van der Waals surface area contributed by atoms with Gasteiger partial charge in [0.15, 0.2) is 0 Å². The third kappa shape index (κ3) is 5.42. The van der Waals surface area contributed by atoms with Crippen LogP contribution in [0.4, 0.5) is 0 Å². The van der Waals surface area contributed by atoms with E-state index in [1.807, 2.05) is 24.3 Å². The van der Waals surface area contributed by atoms with Gasteiger partial charge < -0.3 is 20.1 Å². The zero-order chi connectivity index (χ0) is 18.4. The van der Waals surface area contributed by atoms with Crippen molar-refractivity contribution < 1.29 is 14.3 Å². The number of benzene rings is 1. The first-order valence-corrected chi connectivity index (χ1v) is 9.55. The van der Waals surface area contributed by atoms with E-state index in [1.165, 1.54) is 11.3 Å². The van der Waals surface area contributed by atoms with Crippen LogP contribution < -0.4 is 15.4 Å². The lowest BCUT2D eigenvalue weighted by Gasteiger charge is -2.37. The number of nitrogens with one attached hydrogen (secondary N) is 2. The number of amides is 1. The summed E-state index contributed by atoms with van der Waals surface area (Å²) in [7, 11) is 3.36. The molecule has 0 radical (unpaired) electrons. The van der Waals surface area contributed by atoms with E-state index in [1.54, 1.807) is 20.4 Å². The van der Waals surface area contributed by atoms with Crippen molar-refractivity contribution in [3.63, 3.8) is 0 Å². The van der Waals surface area contributed by atoms with Gasteiger partial charge >= 0.3 is 0 Å². The van der Waals surface area contributed by atoms with Gasteiger partial charge in [-0.25, -0.2) is 4.98 Å². The average molecular weight is 412 g/mol. The van der Waals surface area contributed by atoms with Crippen LogP contribution in [-0.4, -0.2) is 51.4 Å². The van der Waals surface area contributed by atoms with Gasteiger partial charge in [0.1, 0.15) is 15.6 Å². The molecule has 1 aromatic carbocycles. The van der Waals surface area contributed by atoms with E-state index in [-0.39, 0.29) is 23.7 Å². The highest BCUT2D eigenvalue weighted by atomic mass is 35.5. The molecule has 1 aliphatic rings. The van der Waals surface area contributed by atoms with Crippen LogP contribution in [0, 0.1) is 5.41 Å². The number of ether oxygens (including phenoxy) is 2. The Balaban J connectivity index is 0.00000261. The molecule has 27 heavy (non-hydrogen) atoms. The largest absolute Gasteiger partial charge is 0.497 e. The van der Waals surface area contributed by atoms with Crippen molar-refractivity contribution in [1.29, 1.82) is 0 Å². The molecule has 2 heterocycles. The molecule has 0 unspecified atom stereocenters. The van der Waals surface area contributed by atoms with Crippen molar-refractivity contribution >= 4 is 29.7 Å². The smallest absolute Gasteiger partial charge is 0.263 e. The number of methoxy groups -OCH3 is 2. The Labute approximate surface area is 170 Å². The average Bonchev–Trinajstić information content (AvgIpc) is 3.17. The topological polar surface area (TPSA) is 72.5 Å². The molecule has 8 heteroatoms. The van der Waals surface area contributed by atoms with Gasteiger partial charge in [-0.1, -0.05) is 0 Å². The van der Waals surface area contributed by atoms with Crippen molar-refractivity contribution in [2.24, 2.45) is 5.41 Å². The number of hydrogen-bond donors (Lipinski definition) is 2. The standard InChI is InChI=1S/C19H25N3O3S.ClH/c1-24-13-19(7-9-20-10-8-19)12-22-17(23)16-11-21-18(26-16)14-3-5-15(25-2)6-4-14;/h3-6,11,20H,7-10,12-13H2,1-2H3,(H,22,23);1H. The highest BCUT2D eigenvalue weighted by Crippen LogP contribution is 2.29. The van der Waals surface area contributed by atoms with E-state index >= 15 is 0 Å². The normalized spacial score (nSPS) is 15.6. The van der Waals surface area contributed by atoms with Crippen molar-refractivity contribution in [2.75, 3.05) is 40.5 Å². The molecule has 148 valence electrons. The molecule has 1 saturated heterocycles. The summed E-state index contributed by atoms with van der Waals surface area (Å²) in [5, 5.41) is 7.27. The van der Waals surface area contributed by atoms with Gasteiger partial charge in [-0.05, 0) is 50.2 Å². The third-order valence-electron chi connectivity index (χ3n) is 4.81. The Kier molecular flexibility index (Phi) is 8.04. The molecular weight excluding hydrogens is 386 g/mol. The quantitative estimate of drug-likeness (QED) is 0.732. The second-order valence-corrected chi connectivity index (χ2v) is 7.65. The zero-order valence-electron chi connectivity index (χ0n) is 15.6. The maximum Gasteiger partial charge on any atom is 0.263 e. The minimum absolute atomic E-state index is 0. The Morgan fingerprint density at radius 1 is 1.26 bits per heavy atom. The molecule has 2 aromatic rings. The summed E-state index contributed by atoms with van der Waals surface area (Å²) in [6.07, 6.45) is 3.65. The Morgan fingerprint density at radius 3 is 2.59 bits per heavy atom. The second-order valence-electron chi connectivity index (χ2n) is 6.62. The summed E-state index contributed by atoms with van der Waals surface area (Å²) >= 11 is 1.40. The minimum Gasteiger partial charge on any atom is -0.497 e. The molecule has 0 atom stereocenters. The predicted octanol–water partition coefficient (Wildman–Crippen LogP) is 2.99. The minimum atomic E-state index is -0.0729. The van der Waals surface area contributed by atoms with E-state index < -0.39 is 0 Å². The Hall–Kier alpha value is -1.67. The molecule has 0 saturated carbocycles. The first-order chi connectivity index (χ1) is 12.7. The fourth-order valence-electron chi connectivity index (χ4n) is 3.24. The Morgan fingerprint density at radius 2 is 1.96 bits per heavy atom. The van der Waals surface area contributed by atoms with E-state index in [0.717, 1.165) is 42.3 Å². The first kappa shape index (κ1) is 21.6. The highest BCUT2D eigenvalue weighted by molar-refractivity contribution is 7.16. The lowest BCUT2D eigenvalue weighted by molar-refractivity contribution is 0.0512. The predicted molar refractivity (Wildman–Crippen MR) is 110 cm³/mol. The summed E-state index contributed by atoms with van der Waals surface area (Å²) in [5.41, 5.74) is 0.989. The number of rotatable bonds is 7. The number of thiazole rings is 1. The molecule has 2 N–H and O–H groups in total. The molecule has 6 nitrogen and oxygen atoms in total. The van der Waals surface area contributed by atoms with Gasteiger partial charge in [0.2, 0.25) is 0 Å². The summed E-state index contributed by atoms with van der Waals surface area (Å²) in [5.74, 6) is 0.727. The number of nitrogens with zero attached hydrogens (tertiary/aromatic N) is 1. The summed E-state index contributed by atoms with van der Waals surface area (Å²) in [6, 6.07) is 7.67. The van der Waals surface area contributed by atoms with Crippen LogP contribution in [-0.2, 0) is 4.74 Å². The molecule has 1 fully saturated rings. The van der Waals surface area contributed by atoms with Crippen LogP contribution in [0.1, 0.15) is 22.5 Å². The van der Waals surface area contributed by atoms with E-state index in [2.05, 4.69) is 15.6 Å². The number of aromatic nitrogens is 1. The molecule has 1 amide bonds. The molecule has 0 aliphatic carbocycles. The van der Waals surface area contributed by atoms with Crippen LogP contribution in [0.15, 0.2) is 30.5 Å². The van der Waals surface area contributed by atoms with Crippen LogP contribution in [0.5, 0.6) is 5.75 Å². The van der Waals surface area contributed by atoms with Gasteiger partial charge in [-0.15, -0.1) is 23.7 Å². The van der Waals surface area contributed by atoms with E-state index in [4.69, 9.17) is 9.47 Å². The maximum absolute atomic E-state index is 12.6. The third-order valence-corrected chi connectivity index (χ3v) is 5.85. The van der Waals surface area contributed by atoms with Crippen molar-refractivity contribution in [3.8, 4) is 16.3 Å². The molecule has 3 rings (SSSR count). The number of halogens is 1. The Bertz CT molecular complexity index is 725. The fourth-order valence-corrected chi connectivity index (χ4v) is 4.07. The summed E-state index contributed by atoms with van der Waals surface area (Å²) < 4.78 is 10.6. The number of piperidine rings is 1. The first-order valence-electron chi connectivity index (χ1n) is 8.74. The SMILES string of the molecule is COCC1(CNC(=O)c2cnc(-c3ccc(OC)cc3)s2)CCNCC1.Cl. The lowest BCUT2D eigenvalue weighted by Crippen LogP contribution is -2.47. The maximum atomic E-state index is 12.6. The molecule has 0 spiro atoms. The fraction of sp³-hybridized carbons (Fsp3) is 0.474. The van der Waals surface area contributed by atoms with Gasteiger partial charge in [-0.2, -0.15) is 0 Å².